The van der Waals surface area contributed by atoms with Crippen LogP contribution in [0.4, 0.5) is 0 Å². The summed E-state index contributed by atoms with van der Waals surface area (Å²) in [7, 11) is 0. The molecule has 25 heavy (non-hydrogen) atoms. The first-order valence-corrected chi connectivity index (χ1v) is 10.2. The van der Waals surface area contributed by atoms with Crippen molar-refractivity contribution >= 4 is 11.6 Å². The fraction of sp³-hybridized carbons (Fsp3) is 0.545. The minimum absolute atomic E-state index is 0.799. The van der Waals surface area contributed by atoms with E-state index in [0.717, 1.165) is 41.2 Å². The van der Waals surface area contributed by atoms with Gasteiger partial charge >= 0.3 is 0 Å². The number of hydrogen-bond donors (Lipinski definition) is 0. The Hall–Kier alpha value is -1.41. The van der Waals surface area contributed by atoms with Crippen LogP contribution in [0.2, 0.25) is 5.02 Å². The number of nitrogens with zero attached hydrogens (tertiary/aromatic N) is 2. The van der Waals surface area contributed by atoms with Crippen molar-refractivity contribution in [2.75, 3.05) is 0 Å². The van der Waals surface area contributed by atoms with Gasteiger partial charge in [0.15, 0.2) is 0 Å². The molecule has 1 aromatic carbocycles. The summed E-state index contributed by atoms with van der Waals surface area (Å²) in [4.78, 5) is 9.00. The van der Waals surface area contributed by atoms with Gasteiger partial charge in [0.2, 0.25) is 0 Å². The molecular formula is C22H31ClN2. The summed E-state index contributed by atoms with van der Waals surface area (Å²) in [5, 5.41) is 0.799. The van der Waals surface area contributed by atoms with E-state index >= 15 is 0 Å². The van der Waals surface area contributed by atoms with Crippen molar-refractivity contribution in [1.82, 2.24) is 9.97 Å². The van der Waals surface area contributed by atoms with Gasteiger partial charge in [0.1, 0.15) is 5.82 Å². The molecule has 0 atom stereocenters. The molecule has 136 valence electrons. The van der Waals surface area contributed by atoms with Crippen LogP contribution in [0.1, 0.15) is 76.6 Å². The topological polar surface area (TPSA) is 25.8 Å². The second kappa shape index (κ2) is 11.3. The summed E-state index contributed by atoms with van der Waals surface area (Å²) < 4.78 is 0. The highest BCUT2D eigenvalue weighted by molar-refractivity contribution is 6.33. The SMILES string of the molecule is CCCCCCCc1ccc(-c2cnc(CCCCC)nc2)c(Cl)c1. The number of halogens is 1. The molecule has 1 aromatic heterocycles. The third-order valence-electron chi connectivity index (χ3n) is 4.62. The largest absolute Gasteiger partial charge is 0.241 e. The molecule has 1 heterocycles. The number of aromatic nitrogens is 2. The van der Waals surface area contributed by atoms with Gasteiger partial charge in [0, 0.05) is 35.0 Å². The Bertz CT molecular complexity index is 622. The second-order valence-electron chi connectivity index (χ2n) is 6.82. The molecule has 0 aliphatic heterocycles. The van der Waals surface area contributed by atoms with Crippen LogP contribution < -0.4 is 0 Å². The van der Waals surface area contributed by atoms with E-state index in [1.165, 1.54) is 50.5 Å². The Morgan fingerprint density at radius 3 is 2.12 bits per heavy atom. The predicted molar refractivity (Wildman–Crippen MR) is 108 cm³/mol. The molecular weight excluding hydrogens is 328 g/mol. The highest BCUT2D eigenvalue weighted by atomic mass is 35.5. The summed E-state index contributed by atoms with van der Waals surface area (Å²) in [5.41, 5.74) is 3.34. The fourth-order valence-corrected chi connectivity index (χ4v) is 3.35. The number of rotatable bonds is 11. The Morgan fingerprint density at radius 2 is 1.44 bits per heavy atom. The lowest BCUT2D eigenvalue weighted by Gasteiger charge is -2.08. The predicted octanol–water partition coefficient (Wildman–Crippen LogP) is 7.04. The minimum Gasteiger partial charge on any atom is -0.241 e. The molecule has 0 saturated heterocycles. The first kappa shape index (κ1) is 19.9. The van der Waals surface area contributed by atoms with Crippen molar-refractivity contribution in [2.45, 2.75) is 78.1 Å². The van der Waals surface area contributed by atoms with Crippen molar-refractivity contribution in [2.24, 2.45) is 0 Å². The van der Waals surface area contributed by atoms with Crippen LogP contribution in [0.15, 0.2) is 30.6 Å². The van der Waals surface area contributed by atoms with Gasteiger partial charge in [-0.25, -0.2) is 9.97 Å². The van der Waals surface area contributed by atoms with Crippen LogP contribution in [0.25, 0.3) is 11.1 Å². The monoisotopic (exact) mass is 358 g/mol. The van der Waals surface area contributed by atoms with Gasteiger partial charge in [-0.15, -0.1) is 0 Å². The molecule has 0 fully saturated rings. The maximum atomic E-state index is 6.51. The highest BCUT2D eigenvalue weighted by Gasteiger charge is 2.07. The van der Waals surface area contributed by atoms with Crippen LogP contribution in [-0.4, -0.2) is 9.97 Å². The number of unbranched alkanes of at least 4 members (excludes halogenated alkanes) is 6. The summed E-state index contributed by atoms with van der Waals surface area (Å²) in [6.45, 7) is 4.46. The lowest BCUT2D eigenvalue weighted by molar-refractivity contribution is 0.632. The maximum Gasteiger partial charge on any atom is 0.128 e. The van der Waals surface area contributed by atoms with E-state index in [0.29, 0.717) is 0 Å². The van der Waals surface area contributed by atoms with E-state index in [2.05, 4.69) is 42.0 Å². The minimum atomic E-state index is 0.799. The normalized spacial score (nSPS) is 11.0. The van der Waals surface area contributed by atoms with Gasteiger partial charge in [-0.3, -0.25) is 0 Å². The zero-order valence-corrected chi connectivity index (χ0v) is 16.5. The molecule has 0 radical (unpaired) electrons. The van der Waals surface area contributed by atoms with E-state index in [4.69, 9.17) is 11.6 Å². The van der Waals surface area contributed by atoms with E-state index in [1.54, 1.807) is 0 Å². The maximum absolute atomic E-state index is 6.51. The third-order valence-corrected chi connectivity index (χ3v) is 4.94. The van der Waals surface area contributed by atoms with Crippen molar-refractivity contribution < 1.29 is 0 Å². The van der Waals surface area contributed by atoms with Crippen LogP contribution in [0.5, 0.6) is 0 Å². The summed E-state index contributed by atoms with van der Waals surface area (Å²) in [6, 6.07) is 6.40. The molecule has 0 aliphatic carbocycles. The van der Waals surface area contributed by atoms with E-state index < -0.39 is 0 Å². The van der Waals surface area contributed by atoms with Crippen LogP contribution >= 0.6 is 11.6 Å². The average Bonchev–Trinajstić information content (AvgIpc) is 2.63. The van der Waals surface area contributed by atoms with Crippen molar-refractivity contribution in [1.29, 1.82) is 0 Å². The zero-order chi connectivity index (χ0) is 17.9. The van der Waals surface area contributed by atoms with Gasteiger partial charge in [0.25, 0.3) is 0 Å². The highest BCUT2D eigenvalue weighted by Crippen LogP contribution is 2.28. The molecule has 0 bridgehead atoms. The van der Waals surface area contributed by atoms with E-state index in [1.807, 2.05) is 12.4 Å². The van der Waals surface area contributed by atoms with Gasteiger partial charge < -0.3 is 0 Å². The number of hydrogen-bond acceptors (Lipinski definition) is 2. The van der Waals surface area contributed by atoms with Gasteiger partial charge in [-0.05, 0) is 30.9 Å². The van der Waals surface area contributed by atoms with Crippen molar-refractivity contribution in [3.8, 4) is 11.1 Å². The summed E-state index contributed by atoms with van der Waals surface area (Å²) >= 11 is 6.51. The van der Waals surface area contributed by atoms with Gasteiger partial charge in [0.05, 0.1) is 0 Å². The molecule has 0 amide bonds. The smallest absolute Gasteiger partial charge is 0.128 e. The molecule has 0 aliphatic rings. The quantitative estimate of drug-likeness (QED) is 0.402. The molecule has 0 spiro atoms. The number of aryl methyl sites for hydroxylation is 2. The average molecular weight is 359 g/mol. The Balaban J connectivity index is 1.93. The molecule has 0 N–H and O–H groups in total. The lowest BCUT2D eigenvalue weighted by atomic mass is 10.0. The second-order valence-corrected chi connectivity index (χ2v) is 7.23. The van der Waals surface area contributed by atoms with Crippen molar-refractivity contribution in [3.63, 3.8) is 0 Å². The fourth-order valence-electron chi connectivity index (χ4n) is 3.04. The first-order valence-electron chi connectivity index (χ1n) is 9.84. The lowest BCUT2D eigenvalue weighted by Crippen LogP contribution is -1.95. The Morgan fingerprint density at radius 1 is 0.800 bits per heavy atom. The molecule has 3 heteroatoms. The van der Waals surface area contributed by atoms with Crippen LogP contribution in [0, 0.1) is 0 Å². The standard InChI is InChI=1S/C22H31ClN2/c1-3-5-7-8-10-11-18-13-14-20(21(23)15-18)19-16-24-22(25-17-19)12-9-6-4-2/h13-17H,3-12H2,1-2H3. The molecule has 2 nitrogen and oxygen atoms in total. The Kier molecular flexibility index (Phi) is 8.96. The zero-order valence-electron chi connectivity index (χ0n) is 15.7. The van der Waals surface area contributed by atoms with Gasteiger partial charge in [-0.1, -0.05) is 76.1 Å². The summed E-state index contributed by atoms with van der Waals surface area (Å²) in [6.07, 6.45) is 16.0. The molecule has 2 aromatic rings. The van der Waals surface area contributed by atoms with Crippen molar-refractivity contribution in [3.05, 3.63) is 47.0 Å². The molecule has 0 unspecified atom stereocenters. The van der Waals surface area contributed by atoms with Crippen LogP contribution in [0.3, 0.4) is 0 Å². The van der Waals surface area contributed by atoms with Crippen LogP contribution in [-0.2, 0) is 12.8 Å². The Labute approximate surface area is 158 Å². The van der Waals surface area contributed by atoms with E-state index in [9.17, 15) is 0 Å². The van der Waals surface area contributed by atoms with E-state index in [-0.39, 0.29) is 0 Å². The first-order chi connectivity index (χ1) is 12.2. The third kappa shape index (κ3) is 6.78. The molecule has 0 saturated carbocycles. The van der Waals surface area contributed by atoms with Gasteiger partial charge in [-0.2, -0.15) is 0 Å². The molecule has 2 rings (SSSR count). The number of benzene rings is 1. The summed E-state index contributed by atoms with van der Waals surface area (Å²) in [5.74, 6) is 0.928.